The molecule has 2 aromatic heterocycles. The molecule has 0 bridgehead atoms. The van der Waals surface area contributed by atoms with Crippen molar-refractivity contribution in [2.45, 2.75) is 5.54 Å². The zero-order valence-electron chi connectivity index (χ0n) is 16.8. The van der Waals surface area contributed by atoms with Crippen LogP contribution in [-0.2, 0) is 5.54 Å². The minimum absolute atomic E-state index is 0.0585. The van der Waals surface area contributed by atoms with Gasteiger partial charge in [0, 0.05) is 6.20 Å². The minimum atomic E-state index is -0.662. The monoisotopic (exact) mass is 420 g/mol. The number of imidazole rings is 1. The second-order valence-electron chi connectivity index (χ2n) is 7.28. The zero-order valence-corrected chi connectivity index (χ0v) is 17.6. The largest absolute Gasteiger partial charge is 0.318 e. The predicted molar refractivity (Wildman–Crippen MR) is 125 cm³/mol. The van der Waals surface area contributed by atoms with Crippen molar-refractivity contribution in [3.8, 4) is 0 Å². The quantitative estimate of drug-likeness (QED) is 0.249. The number of nitrogens with zero attached hydrogens (tertiary/aromatic N) is 2. The highest BCUT2D eigenvalue weighted by Crippen LogP contribution is 2.40. The molecule has 150 valence electrons. The van der Waals surface area contributed by atoms with Crippen molar-refractivity contribution >= 4 is 17.1 Å². The van der Waals surface area contributed by atoms with Gasteiger partial charge in [-0.2, -0.15) is 0 Å². The third kappa shape index (κ3) is 3.31. The van der Waals surface area contributed by atoms with Crippen LogP contribution in [0.3, 0.4) is 0 Å². The fourth-order valence-corrected chi connectivity index (χ4v) is 4.82. The Balaban J connectivity index is 1.78. The van der Waals surface area contributed by atoms with Crippen LogP contribution in [0.1, 0.15) is 32.1 Å². The van der Waals surface area contributed by atoms with Crippen LogP contribution < -0.4 is 0 Å². The molecule has 0 aliphatic heterocycles. The molecule has 0 N–H and O–H groups in total. The Morgan fingerprint density at radius 3 is 1.68 bits per heavy atom. The van der Waals surface area contributed by atoms with Gasteiger partial charge in [-0.05, 0) is 28.1 Å². The van der Waals surface area contributed by atoms with E-state index in [1.807, 2.05) is 78.3 Å². The molecule has 5 rings (SSSR count). The number of rotatable bonds is 6. The zero-order chi connectivity index (χ0) is 21.1. The van der Waals surface area contributed by atoms with E-state index in [9.17, 15) is 4.79 Å². The van der Waals surface area contributed by atoms with E-state index in [2.05, 4.69) is 45.9 Å². The van der Waals surface area contributed by atoms with E-state index in [0.29, 0.717) is 10.6 Å². The first kappa shape index (κ1) is 19.2. The van der Waals surface area contributed by atoms with Gasteiger partial charge in [-0.1, -0.05) is 97.1 Å². The van der Waals surface area contributed by atoms with Crippen LogP contribution in [0.2, 0.25) is 0 Å². The second kappa shape index (κ2) is 8.17. The lowest BCUT2D eigenvalue weighted by Gasteiger charge is -2.37. The maximum Gasteiger partial charge on any atom is 0.222 e. The second-order valence-corrected chi connectivity index (χ2v) is 8.23. The summed E-state index contributed by atoms with van der Waals surface area (Å²) in [5.74, 6) is -0.0585. The molecule has 0 radical (unpaired) electrons. The summed E-state index contributed by atoms with van der Waals surface area (Å²) in [6.07, 6.45) is 3.64. The number of hydrogen-bond donors (Lipinski definition) is 0. The number of ketones is 1. The third-order valence-electron chi connectivity index (χ3n) is 5.52. The van der Waals surface area contributed by atoms with E-state index in [-0.39, 0.29) is 5.78 Å². The summed E-state index contributed by atoms with van der Waals surface area (Å²) in [5, 5.41) is 1.91. The van der Waals surface area contributed by atoms with E-state index in [1.165, 1.54) is 11.3 Å². The Morgan fingerprint density at radius 1 is 0.710 bits per heavy atom. The van der Waals surface area contributed by atoms with E-state index in [1.54, 1.807) is 6.33 Å². The van der Waals surface area contributed by atoms with Crippen molar-refractivity contribution in [1.29, 1.82) is 0 Å². The number of aromatic nitrogens is 2. The van der Waals surface area contributed by atoms with Gasteiger partial charge >= 0.3 is 0 Å². The predicted octanol–water partition coefficient (Wildman–Crippen LogP) is 6.02. The molecule has 0 aliphatic rings. The molecule has 3 aromatic carbocycles. The number of thiophene rings is 1. The maximum absolute atomic E-state index is 13.0. The molecule has 4 heteroatoms. The molecule has 0 saturated carbocycles. The molecule has 3 nitrogen and oxygen atoms in total. The Kier molecular flexibility index (Phi) is 5.06. The summed E-state index contributed by atoms with van der Waals surface area (Å²) in [7, 11) is 0. The van der Waals surface area contributed by atoms with Crippen LogP contribution in [0.4, 0.5) is 0 Å². The maximum atomic E-state index is 13.0. The Bertz CT molecular complexity index is 1180. The van der Waals surface area contributed by atoms with Crippen LogP contribution in [0, 0.1) is 0 Å². The Morgan fingerprint density at radius 2 is 1.23 bits per heavy atom. The van der Waals surface area contributed by atoms with Crippen molar-refractivity contribution in [3.63, 3.8) is 0 Å². The molecule has 0 fully saturated rings. The fraction of sp³-hybridized carbons (Fsp3) is 0.0370. The molecule has 31 heavy (non-hydrogen) atoms. The highest BCUT2D eigenvalue weighted by atomic mass is 32.1. The first-order valence-electron chi connectivity index (χ1n) is 10.1. The lowest BCUT2D eigenvalue weighted by molar-refractivity contribution is 0.103. The number of carbonyl (C=O) groups is 1. The summed E-state index contributed by atoms with van der Waals surface area (Å²) in [6.45, 7) is 0. The number of hydrogen-bond acceptors (Lipinski definition) is 3. The van der Waals surface area contributed by atoms with Crippen molar-refractivity contribution in [2.24, 2.45) is 0 Å². The summed E-state index contributed by atoms with van der Waals surface area (Å²) < 4.78 is 2.06. The van der Waals surface area contributed by atoms with Crippen LogP contribution in [0.5, 0.6) is 0 Å². The topological polar surface area (TPSA) is 34.9 Å². The van der Waals surface area contributed by atoms with Gasteiger partial charge in [0.15, 0.2) is 0 Å². The fourth-order valence-electron chi connectivity index (χ4n) is 4.14. The average Bonchev–Trinajstić information content (AvgIpc) is 3.55. The van der Waals surface area contributed by atoms with Gasteiger partial charge < -0.3 is 4.57 Å². The molecule has 0 aliphatic carbocycles. The summed E-state index contributed by atoms with van der Waals surface area (Å²) >= 11 is 1.43. The van der Waals surface area contributed by atoms with E-state index < -0.39 is 5.54 Å². The van der Waals surface area contributed by atoms with Crippen LogP contribution in [0.15, 0.2) is 121 Å². The van der Waals surface area contributed by atoms with Crippen molar-refractivity contribution in [2.75, 3.05) is 0 Å². The van der Waals surface area contributed by atoms with Gasteiger partial charge in [0.05, 0.1) is 11.2 Å². The van der Waals surface area contributed by atoms with E-state index in [0.717, 1.165) is 16.7 Å². The van der Waals surface area contributed by atoms with Crippen molar-refractivity contribution < 1.29 is 4.79 Å². The van der Waals surface area contributed by atoms with Gasteiger partial charge in [-0.15, -0.1) is 11.3 Å². The van der Waals surface area contributed by atoms with Gasteiger partial charge in [-0.25, -0.2) is 4.98 Å². The Hall–Kier alpha value is -3.76. The van der Waals surface area contributed by atoms with Crippen LogP contribution >= 0.6 is 11.3 Å². The van der Waals surface area contributed by atoms with Crippen molar-refractivity contribution in [3.05, 3.63) is 148 Å². The SMILES string of the molecule is O=C(c1cn(C(c2ccccc2)(c2ccccc2)c2ccccc2)cn1)c1cccs1. The standard InChI is InChI=1S/C27H20N2OS/c30-26(25-17-10-18-31-25)24-19-29(20-28-24)27(21-11-4-1-5-12-21,22-13-6-2-7-14-22)23-15-8-3-9-16-23/h1-20H. The first-order valence-corrected chi connectivity index (χ1v) is 11.0. The summed E-state index contributed by atoms with van der Waals surface area (Å²) in [6, 6.07) is 34.8. The average molecular weight is 421 g/mol. The van der Waals surface area contributed by atoms with Crippen molar-refractivity contribution in [1.82, 2.24) is 9.55 Å². The highest BCUT2D eigenvalue weighted by molar-refractivity contribution is 7.12. The van der Waals surface area contributed by atoms with Gasteiger partial charge in [-0.3, -0.25) is 4.79 Å². The molecule has 0 spiro atoms. The van der Waals surface area contributed by atoms with E-state index >= 15 is 0 Å². The van der Waals surface area contributed by atoms with Gasteiger partial charge in [0.25, 0.3) is 0 Å². The lowest BCUT2D eigenvalue weighted by atomic mass is 9.77. The highest BCUT2D eigenvalue weighted by Gasteiger charge is 2.38. The molecule has 0 atom stereocenters. The minimum Gasteiger partial charge on any atom is -0.318 e. The number of carbonyl (C=O) groups excluding carboxylic acids is 1. The van der Waals surface area contributed by atoms with Gasteiger partial charge in [0.1, 0.15) is 11.2 Å². The molecule has 0 amide bonds. The molecule has 2 heterocycles. The molecular weight excluding hydrogens is 400 g/mol. The Labute approximate surface area is 185 Å². The molecule has 0 saturated heterocycles. The van der Waals surface area contributed by atoms with Crippen LogP contribution in [0.25, 0.3) is 0 Å². The molecule has 5 aromatic rings. The smallest absolute Gasteiger partial charge is 0.222 e. The van der Waals surface area contributed by atoms with E-state index in [4.69, 9.17) is 0 Å². The lowest BCUT2D eigenvalue weighted by Crippen LogP contribution is -2.37. The first-order chi connectivity index (χ1) is 15.3. The molecular formula is C27H20N2OS. The normalized spacial score (nSPS) is 11.4. The third-order valence-corrected chi connectivity index (χ3v) is 6.39. The molecule has 0 unspecified atom stereocenters. The summed E-state index contributed by atoms with van der Waals surface area (Å²) in [4.78, 5) is 18.2. The van der Waals surface area contributed by atoms with Crippen LogP contribution in [-0.4, -0.2) is 15.3 Å². The number of benzene rings is 3. The summed E-state index contributed by atoms with van der Waals surface area (Å²) in [5.41, 5.74) is 3.07. The van der Waals surface area contributed by atoms with Gasteiger partial charge in [0.2, 0.25) is 5.78 Å².